The van der Waals surface area contributed by atoms with E-state index in [1.807, 2.05) is 48.7 Å². The molecule has 0 aliphatic carbocycles. The van der Waals surface area contributed by atoms with Crippen molar-refractivity contribution < 1.29 is 9.53 Å². The van der Waals surface area contributed by atoms with Crippen LogP contribution in [0, 0.1) is 6.92 Å². The number of anilines is 2. The molecule has 0 aliphatic rings. The molecule has 0 atom stereocenters. The zero-order valence-electron chi connectivity index (χ0n) is 19.3. The van der Waals surface area contributed by atoms with Crippen molar-refractivity contribution in [2.45, 2.75) is 13.3 Å². The van der Waals surface area contributed by atoms with E-state index in [0.717, 1.165) is 23.4 Å². The highest BCUT2D eigenvalue weighted by Crippen LogP contribution is 2.25. The van der Waals surface area contributed by atoms with Gasteiger partial charge in [0.2, 0.25) is 5.88 Å². The van der Waals surface area contributed by atoms with E-state index in [-0.39, 0.29) is 11.8 Å². The third-order valence-corrected chi connectivity index (χ3v) is 5.62. The number of amides is 1. The molecule has 3 N–H and O–H groups in total. The van der Waals surface area contributed by atoms with Crippen LogP contribution in [0.3, 0.4) is 0 Å². The molecule has 5 rings (SSSR count). The number of rotatable bonds is 8. The molecule has 0 unspecified atom stereocenters. The van der Waals surface area contributed by atoms with Crippen molar-refractivity contribution in [2.24, 2.45) is 0 Å². The number of hydrogen-bond acceptors (Lipinski definition) is 5. The van der Waals surface area contributed by atoms with Crippen LogP contribution in [-0.4, -0.2) is 27.4 Å². The van der Waals surface area contributed by atoms with Crippen LogP contribution in [0.5, 0.6) is 11.6 Å². The summed E-state index contributed by atoms with van der Waals surface area (Å²) in [6.45, 7) is 2.58. The summed E-state index contributed by atoms with van der Waals surface area (Å²) in [7, 11) is 0. The Labute approximate surface area is 203 Å². The molecular formula is C28H25N5O2. The van der Waals surface area contributed by atoms with Crippen molar-refractivity contribution in [3.63, 3.8) is 0 Å². The van der Waals surface area contributed by atoms with Crippen LogP contribution in [-0.2, 0) is 6.42 Å². The number of fused-ring (bicyclic) bond motifs is 1. The number of ether oxygens (including phenoxy) is 1. The molecule has 1 amide bonds. The standard InChI is InChI=1S/C28H25N5O2/c1-19-7-12-25-24(17-19)20(18-32-25)13-16-30-27(34)23-5-4-15-31-28(23)35-22-10-8-21(9-11-22)33-26-6-2-3-14-29-26/h2-12,14-15,17-18,32H,13,16H2,1H3,(H,29,33)(H,30,34). The average Bonchev–Trinajstić information content (AvgIpc) is 3.28. The van der Waals surface area contributed by atoms with Crippen molar-refractivity contribution in [3.8, 4) is 11.6 Å². The highest BCUT2D eigenvalue weighted by molar-refractivity contribution is 5.96. The number of nitrogens with zero attached hydrogens (tertiary/aromatic N) is 2. The Morgan fingerprint density at radius 1 is 0.971 bits per heavy atom. The number of carbonyl (C=O) groups is 1. The van der Waals surface area contributed by atoms with Gasteiger partial charge in [0.15, 0.2) is 0 Å². The summed E-state index contributed by atoms with van der Waals surface area (Å²) in [5, 5.41) is 7.40. The van der Waals surface area contributed by atoms with E-state index in [4.69, 9.17) is 4.74 Å². The molecule has 0 saturated heterocycles. The Kier molecular flexibility index (Phi) is 6.39. The van der Waals surface area contributed by atoms with Gasteiger partial charge in [-0.05, 0) is 79.6 Å². The van der Waals surface area contributed by atoms with Crippen LogP contribution < -0.4 is 15.4 Å². The van der Waals surface area contributed by atoms with Crippen LogP contribution in [0.25, 0.3) is 10.9 Å². The van der Waals surface area contributed by atoms with E-state index in [0.29, 0.717) is 17.9 Å². The average molecular weight is 464 g/mol. The van der Waals surface area contributed by atoms with Gasteiger partial charge in [-0.2, -0.15) is 0 Å². The van der Waals surface area contributed by atoms with Crippen LogP contribution in [0.4, 0.5) is 11.5 Å². The number of H-pyrrole nitrogens is 1. The summed E-state index contributed by atoms with van der Waals surface area (Å²) in [5.74, 6) is 1.38. The molecule has 2 aromatic carbocycles. The Morgan fingerprint density at radius 2 is 1.83 bits per heavy atom. The Hall–Kier alpha value is -4.65. The first-order valence-corrected chi connectivity index (χ1v) is 11.4. The summed E-state index contributed by atoms with van der Waals surface area (Å²) in [4.78, 5) is 24.7. The number of carbonyl (C=O) groups excluding carboxylic acids is 1. The van der Waals surface area contributed by atoms with Gasteiger partial charge in [0, 0.05) is 41.7 Å². The number of nitrogens with one attached hydrogen (secondary N) is 3. The molecule has 5 aromatic rings. The van der Waals surface area contributed by atoms with Gasteiger partial charge in [-0.1, -0.05) is 17.7 Å². The van der Waals surface area contributed by atoms with Crippen LogP contribution in [0.15, 0.2) is 91.4 Å². The van der Waals surface area contributed by atoms with E-state index in [2.05, 4.69) is 50.7 Å². The third kappa shape index (κ3) is 5.30. The lowest BCUT2D eigenvalue weighted by molar-refractivity contribution is 0.0951. The highest BCUT2D eigenvalue weighted by atomic mass is 16.5. The van der Waals surface area contributed by atoms with Gasteiger partial charge < -0.3 is 20.4 Å². The van der Waals surface area contributed by atoms with Crippen LogP contribution in [0.1, 0.15) is 21.5 Å². The maximum Gasteiger partial charge on any atom is 0.256 e. The number of pyridine rings is 2. The second-order valence-corrected chi connectivity index (χ2v) is 8.19. The first-order chi connectivity index (χ1) is 17.2. The van der Waals surface area contributed by atoms with Gasteiger partial charge in [0.25, 0.3) is 5.91 Å². The van der Waals surface area contributed by atoms with E-state index >= 15 is 0 Å². The fourth-order valence-electron chi connectivity index (χ4n) is 3.85. The van der Waals surface area contributed by atoms with E-state index in [9.17, 15) is 4.79 Å². The second-order valence-electron chi connectivity index (χ2n) is 8.19. The molecule has 0 spiro atoms. The number of hydrogen-bond donors (Lipinski definition) is 3. The van der Waals surface area contributed by atoms with Gasteiger partial charge >= 0.3 is 0 Å². The molecular weight excluding hydrogens is 438 g/mol. The van der Waals surface area contributed by atoms with E-state index in [1.165, 1.54) is 16.5 Å². The van der Waals surface area contributed by atoms with Gasteiger partial charge in [0.05, 0.1) is 0 Å². The molecule has 0 saturated carbocycles. The lowest BCUT2D eigenvalue weighted by Gasteiger charge is -2.11. The summed E-state index contributed by atoms with van der Waals surface area (Å²) in [6, 6.07) is 22.8. The topological polar surface area (TPSA) is 91.9 Å². The fraction of sp³-hybridized carbons (Fsp3) is 0.107. The Balaban J connectivity index is 1.22. The molecule has 3 aromatic heterocycles. The first-order valence-electron chi connectivity index (χ1n) is 11.4. The summed E-state index contributed by atoms with van der Waals surface area (Å²) in [5.41, 5.74) is 4.74. The van der Waals surface area contributed by atoms with Crippen molar-refractivity contribution in [2.75, 3.05) is 11.9 Å². The minimum Gasteiger partial charge on any atom is -0.438 e. The monoisotopic (exact) mass is 463 g/mol. The SMILES string of the molecule is Cc1ccc2[nH]cc(CCNC(=O)c3cccnc3Oc3ccc(Nc4ccccn4)cc3)c2c1. The fourth-order valence-corrected chi connectivity index (χ4v) is 3.85. The summed E-state index contributed by atoms with van der Waals surface area (Å²) in [6.07, 6.45) is 6.06. The highest BCUT2D eigenvalue weighted by Gasteiger charge is 2.14. The lowest BCUT2D eigenvalue weighted by Crippen LogP contribution is -2.26. The van der Waals surface area contributed by atoms with E-state index in [1.54, 1.807) is 24.5 Å². The quantitative estimate of drug-likeness (QED) is 0.272. The molecule has 0 radical (unpaired) electrons. The third-order valence-electron chi connectivity index (χ3n) is 5.62. The molecule has 35 heavy (non-hydrogen) atoms. The molecule has 0 fully saturated rings. The zero-order chi connectivity index (χ0) is 24.0. The van der Waals surface area contributed by atoms with Gasteiger partial charge in [0.1, 0.15) is 17.1 Å². The summed E-state index contributed by atoms with van der Waals surface area (Å²) < 4.78 is 5.94. The Morgan fingerprint density at radius 3 is 2.66 bits per heavy atom. The maximum absolute atomic E-state index is 12.9. The maximum atomic E-state index is 12.9. The van der Waals surface area contributed by atoms with Crippen LogP contribution >= 0.6 is 0 Å². The van der Waals surface area contributed by atoms with Gasteiger partial charge in [-0.3, -0.25) is 4.79 Å². The van der Waals surface area contributed by atoms with Crippen molar-refractivity contribution >= 4 is 28.3 Å². The number of benzene rings is 2. The largest absolute Gasteiger partial charge is 0.438 e. The molecule has 7 heteroatoms. The predicted octanol–water partition coefficient (Wildman–Crippen LogP) is 5.77. The summed E-state index contributed by atoms with van der Waals surface area (Å²) >= 11 is 0. The molecule has 0 bridgehead atoms. The Bertz CT molecular complexity index is 1450. The van der Waals surface area contributed by atoms with E-state index < -0.39 is 0 Å². The smallest absolute Gasteiger partial charge is 0.256 e. The number of aromatic amines is 1. The first kappa shape index (κ1) is 22.2. The normalized spacial score (nSPS) is 10.8. The van der Waals surface area contributed by atoms with Gasteiger partial charge in [-0.25, -0.2) is 9.97 Å². The molecule has 7 nitrogen and oxygen atoms in total. The van der Waals surface area contributed by atoms with Crippen molar-refractivity contribution in [1.29, 1.82) is 0 Å². The second kappa shape index (κ2) is 10.1. The zero-order valence-corrected chi connectivity index (χ0v) is 19.3. The number of aryl methyl sites for hydroxylation is 1. The minimum atomic E-state index is -0.224. The predicted molar refractivity (Wildman–Crippen MR) is 137 cm³/mol. The lowest BCUT2D eigenvalue weighted by atomic mass is 10.1. The van der Waals surface area contributed by atoms with Crippen molar-refractivity contribution in [3.05, 3.63) is 108 Å². The van der Waals surface area contributed by atoms with Crippen LogP contribution in [0.2, 0.25) is 0 Å². The molecule has 0 aliphatic heterocycles. The van der Waals surface area contributed by atoms with Crippen molar-refractivity contribution in [1.82, 2.24) is 20.3 Å². The molecule has 3 heterocycles. The minimum absolute atomic E-state index is 0.224. The molecule has 174 valence electrons. The number of aromatic nitrogens is 3. The van der Waals surface area contributed by atoms with Gasteiger partial charge in [-0.15, -0.1) is 0 Å².